The van der Waals surface area contributed by atoms with Gasteiger partial charge >= 0.3 is 0 Å². The molecule has 2 aromatic carbocycles. The quantitative estimate of drug-likeness (QED) is 0.295. The summed E-state index contributed by atoms with van der Waals surface area (Å²) in [4.78, 5) is 21.7. The van der Waals surface area contributed by atoms with Crippen LogP contribution in [0, 0.1) is 11.6 Å². The molecule has 0 saturated heterocycles. The van der Waals surface area contributed by atoms with Crippen LogP contribution in [0.3, 0.4) is 0 Å². The second kappa shape index (κ2) is 9.01. The van der Waals surface area contributed by atoms with Crippen molar-refractivity contribution in [2.75, 3.05) is 18.5 Å². The van der Waals surface area contributed by atoms with Crippen LogP contribution in [0.5, 0.6) is 0 Å². The lowest BCUT2D eigenvalue weighted by atomic mass is 10.1. The Labute approximate surface area is 173 Å². The van der Waals surface area contributed by atoms with Gasteiger partial charge in [-0.1, -0.05) is 22.5 Å². The maximum atomic E-state index is 15.2. The van der Waals surface area contributed by atoms with Crippen molar-refractivity contribution in [2.24, 2.45) is 7.05 Å². The monoisotopic (exact) mass is 466 g/mol. The summed E-state index contributed by atoms with van der Waals surface area (Å²) >= 11 is 3.16. The average Bonchev–Trinajstić information content (AvgIpc) is 3.06. The van der Waals surface area contributed by atoms with Crippen molar-refractivity contribution in [2.45, 2.75) is 0 Å². The maximum absolute atomic E-state index is 15.2. The number of amides is 1. The number of hydroxylamine groups is 1. The lowest BCUT2D eigenvalue weighted by molar-refractivity contribution is 0.0145. The summed E-state index contributed by atoms with van der Waals surface area (Å²) < 4.78 is 36.4. The van der Waals surface area contributed by atoms with Crippen LogP contribution in [-0.2, 0) is 16.6 Å². The van der Waals surface area contributed by atoms with Crippen molar-refractivity contribution >= 4 is 44.2 Å². The van der Waals surface area contributed by atoms with Crippen LogP contribution in [0.1, 0.15) is 10.4 Å². The number of hydrogen-bond acceptors (Lipinski definition) is 5. The largest absolute Gasteiger partial charge is 0.499 e. The topological polar surface area (TPSA) is 77.4 Å². The van der Waals surface area contributed by atoms with E-state index in [4.69, 9.17) is 9.57 Å². The maximum Gasteiger partial charge on any atom is 0.277 e. The molecule has 1 amide bonds. The fourth-order valence-electron chi connectivity index (χ4n) is 2.60. The Balaban J connectivity index is 1.97. The highest BCUT2D eigenvalue weighted by Gasteiger charge is 2.22. The third-order valence-electron chi connectivity index (χ3n) is 3.98. The summed E-state index contributed by atoms with van der Waals surface area (Å²) in [6.45, 7) is 3.62. The highest BCUT2D eigenvalue weighted by atomic mass is 79.9. The van der Waals surface area contributed by atoms with Crippen LogP contribution >= 0.6 is 15.9 Å². The number of nitrogens with zero attached hydrogens (tertiary/aromatic N) is 2. The molecular weight excluding hydrogens is 450 g/mol. The molecule has 152 valence electrons. The van der Waals surface area contributed by atoms with E-state index in [9.17, 15) is 9.18 Å². The van der Waals surface area contributed by atoms with Gasteiger partial charge in [0.1, 0.15) is 24.5 Å². The zero-order chi connectivity index (χ0) is 21.0. The van der Waals surface area contributed by atoms with Gasteiger partial charge in [-0.2, -0.15) is 0 Å². The van der Waals surface area contributed by atoms with Gasteiger partial charge in [0.2, 0.25) is 0 Å². The van der Waals surface area contributed by atoms with Gasteiger partial charge in [0.15, 0.2) is 5.82 Å². The molecule has 29 heavy (non-hydrogen) atoms. The van der Waals surface area contributed by atoms with Crippen LogP contribution in [0.4, 0.5) is 20.2 Å². The minimum Gasteiger partial charge on any atom is -0.499 e. The number of benzene rings is 2. The zero-order valence-corrected chi connectivity index (χ0v) is 16.9. The second-order valence-corrected chi connectivity index (χ2v) is 6.82. The summed E-state index contributed by atoms with van der Waals surface area (Å²) in [5, 5.41) is 2.65. The summed E-state index contributed by atoms with van der Waals surface area (Å²) in [6, 6.07) is 5.68. The lowest BCUT2D eigenvalue weighted by Crippen LogP contribution is -2.26. The summed E-state index contributed by atoms with van der Waals surface area (Å²) in [5.74, 6) is -2.12. The number of ether oxygens (including phenoxy) is 1. The minimum absolute atomic E-state index is 0.00303. The van der Waals surface area contributed by atoms with Gasteiger partial charge in [-0.15, -0.1) is 0 Å². The Morgan fingerprint density at radius 3 is 2.86 bits per heavy atom. The SMILES string of the molecule is C=COCCONC(=O)c1cc2c(ncn2C)c(F)c1Nc1ccc(Br)cc1F. The average molecular weight is 467 g/mol. The fraction of sp³-hybridized carbons (Fsp3) is 0.158. The minimum atomic E-state index is -0.787. The molecule has 2 N–H and O–H groups in total. The molecule has 0 saturated carbocycles. The van der Waals surface area contributed by atoms with Gasteiger partial charge < -0.3 is 14.6 Å². The summed E-state index contributed by atoms with van der Waals surface area (Å²) in [5.41, 5.74) is 2.36. The van der Waals surface area contributed by atoms with Crippen LogP contribution in [0.25, 0.3) is 11.0 Å². The number of imidazole rings is 1. The van der Waals surface area contributed by atoms with Gasteiger partial charge in [-0.25, -0.2) is 19.2 Å². The molecule has 0 fully saturated rings. The Kier molecular flexibility index (Phi) is 6.45. The Morgan fingerprint density at radius 1 is 1.34 bits per heavy atom. The molecule has 1 heterocycles. The third-order valence-corrected chi connectivity index (χ3v) is 4.48. The standard InChI is InChI=1S/C19H17BrF2N4O3/c1-3-28-6-7-29-25-19(27)12-9-15-18(23-10-26(15)2)16(22)17(12)24-14-5-4-11(20)8-13(14)21/h3-5,8-10,24H,1,6-7H2,2H3,(H,25,27). The van der Waals surface area contributed by atoms with E-state index in [1.54, 1.807) is 17.7 Å². The number of fused-ring (bicyclic) bond motifs is 1. The van der Waals surface area contributed by atoms with Crippen molar-refractivity contribution in [1.29, 1.82) is 0 Å². The number of carbonyl (C=O) groups is 1. The Bertz CT molecular complexity index is 1070. The van der Waals surface area contributed by atoms with Crippen LogP contribution in [-0.4, -0.2) is 28.7 Å². The van der Waals surface area contributed by atoms with Crippen molar-refractivity contribution in [3.05, 3.63) is 65.1 Å². The number of aryl methyl sites for hydroxylation is 1. The fourth-order valence-corrected chi connectivity index (χ4v) is 2.93. The highest BCUT2D eigenvalue weighted by molar-refractivity contribution is 9.10. The number of anilines is 2. The Morgan fingerprint density at radius 2 is 2.14 bits per heavy atom. The number of halogens is 3. The molecular formula is C19H17BrF2N4O3. The molecule has 0 spiro atoms. The van der Waals surface area contributed by atoms with Gasteiger partial charge in [0.25, 0.3) is 5.91 Å². The number of carbonyl (C=O) groups excluding carboxylic acids is 1. The normalized spacial score (nSPS) is 10.8. The highest BCUT2D eigenvalue weighted by Crippen LogP contribution is 2.32. The summed E-state index contributed by atoms with van der Waals surface area (Å²) in [6.07, 6.45) is 2.66. The van der Waals surface area contributed by atoms with E-state index in [0.717, 1.165) is 0 Å². The molecule has 0 unspecified atom stereocenters. The van der Waals surface area contributed by atoms with Crippen LogP contribution in [0.15, 0.2) is 47.9 Å². The van der Waals surface area contributed by atoms with Gasteiger partial charge in [0, 0.05) is 11.5 Å². The van der Waals surface area contributed by atoms with E-state index in [1.807, 2.05) is 0 Å². The van der Waals surface area contributed by atoms with E-state index >= 15 is 4.39 Å². The smallest absolute Gasteiger partial charge is 0.277 e. The molecule has 10 heteroatoms. The van der Waals surface area contributed by atoms with E-state index in [1.165, 1.54) is 30.8 Å². The van der Waals surface area contributed by atoms with E-state index < -0.39 is 17.5 Å². The predicted octanol–water partition coefficient (Wildman–Crippen LogP) is 4.18. The summed E-state index contributed by atoms with van der Waals surface area (Å²) in [7, 11) is 1.67. The van der Waals surface area contributed by atoms with Crippen molar-refractivity contribution in [1.82, 2.24) is 15.0 Å². The number of hydrogen-bond donors (Lipinski definition) is 2. The van der Waals surface area contributed by atoms with Crippen LogP contribution < -0.4 is 10.8 Å². The molecule has 0 aliphatic heterocycles. The van der Waals surface area contributed by atoms with Crippen molar-refractivity contribution in [3.8, 4) is 0 Å². The molecule has 7 nitrogen and oxygen atoms in total. The van der Waals surface area contributed by atoms with Crippen molar-refractivity contribution < 1.29 is 23.1 Å². The first-order chi connectivity index (χ1) is 13.9. The second-order valence-electron chi connectivity index (χ2n) is 5.90. The molecule has 0 atom stereocenters. The van der Waals surface area contributed by atoms with Crippen molar-refractivity contribution in [3.63, 3.8) is 0 Å². The molecule has 0 aliphatic rings. The lowest BCUT2D eigenvalue weighted by Gasteiger charge is -2.15. The molecule has 1 aromatic heterocycles. The van der Waals surface area contributed by atoms with E-state index in [0.29, 0.717) is 9.99 Å². The van der Waals surface area contributed by atoms with Gasteiger partial charge in [-0.05, 0) is 24.3 Å². The molecule has 3 rings (SSSR count). The third kappa shape index (κ3) is 4.54. The molecule has 0 bridgehead atoms. The Hall–Kier alpha value is -2.98. The van der Waals surface area contributed by atoms with E-state index in [2.05, 4.69) is 38.3 Å². The van der Waals surface area contributed by atoms with Crippen LogP contribution in [0.2, 0.25) is 0 Å². The first-order valence-corrected chi connectivity index (χ1v) is 9.22. The number of nitrogens with one attached hydrogen (secondary N) is 2. The molecule has 0 aliphatic carbocycles. The first kappa shape index (κ1) is 20.7. The first-order valence-electron chi connectivity index (χ1n) is 8.42. The molecule has 3 aromatic rings. The molecule has 0 radical (unpaired) electrons. The predicted molar refractivity (Wildman–Crippen MR) is 108 cm³/mol. The zero-order valence-electron chi connectivity index (χ0n) is 15.3. The van der Waals surface area contributed by atoms with Gasteiger partial charge in [0.05, 0.1) is 35.0 Å². The van der Waals surface area contributed by atoms with Gasteiger partial charge in [-0.3, -0.25) is 9.63 Å². The number of aromatic nitrogens is 2. The number of rotatable bonds is 8. The van der Waals surface area contributed by atoms with E-state index in [-0.39, 0.29) is 35.7 Å².